The Kier molecular flexibility index (Phi) is 3.24. The lowest BCUT2D eigenvalue weighted by Gasteiger charge is -2.04. The molecule has 0 aromatic heterocycles. The van der Waals surface area contributed by atoms with Crippen molar-refractivity contribution >= 4 is 33.3 Å². The maximum Gasteiger partial charge on any atom is 0.288 e. The summed E-state index contributed by atoms with van der Waals surface area (Å²) >= 11 is 5.43. The monoisotopic (exact) mass is 266 g/mol. The largest absolute Gasteiger partial charge is 0.399 e. The lowest BCUT2D eigenvalue weighted by Crippen LogP contribution is -2.24. The molecule has 0 saturated carbocycles. The molecule has 0 bridgehead atoms. The van der Waals surface area contributed by atoms with Crippen molar-refractivity contribution in [1.29, 1.82) is 0 Å². The molecule has 0 saturated heterocycles. The van der Waals surface area contributed by atoms with E-state index in [0.717, 1.165) is 12.1 Å². The Balaban J connectivity index is 3.51. The molecular weight excluding hydrogens is 259 g/mol. The summed E-state index contributed by atoms with van der Waals surface area (Å²) in [5, 5.41) is -0.427. The van der Waals surface area contributed by atoms with Gasteiger partial charge in [0.05, 0.1) is 5.02 Å². The zero-order valence-corrected chi connectivity index (χ0v) is 9.39. The maximum atomic E-state index is 13.4. The van der Waals surface area contributed by atoms with Gasteiger partial charge in [-0.2, -0.15) is 8.42 Å². The Morgan fingerprint density at radius 1 is 1.38 bits per heavy atom. The Morgan fingerprint density at radius 3 is 2.44 bits per heavy atom. The number of nitrogen functional groups attached to an aromatic ring is 1. The zero-order chi connectivity index (χ0) is 12.5. The molecule has 9 heteroatoms. The number of benzene rings is 1. The van der Waals surface area contributed by atoms with Crippen LogP contribution in [0.3, 0.4) is 0 Å². The van der Waals surface area contributed by atoms with Crippen LogP contribution in [0, 0.1) is 5.82 Å². The van der Waals surface area contributed by atoms with Gasteiger partial charge in [-0.15, -0.1) is 4.40 Å². The van der Waals surface area contributed by atoms with Crippen molar-refractivity contribution in [3.8, 4) is 0 Å². The first-order valence-corrected chi connectivity index (χ1v) is 5.66. The summed E-state index contributed by atoms with van der Waals surface area (Å²) in [5.41, 5.74) is 15.1. The third kappa shape index (κ3) is 2.52. The average molecular weight is 267 g/mol. The molecule has 16 heavy (non-hydrogen) atoms. The van der Waals surface area contributed by atoms with Gasteiger partial charge in [-0.1, -0.05) is 11.6 Å². The van der Waals surface area contributed by atoms with E-state index in [4.69, 9.17) is 28.8 Å². The van der Waals surface area contributed by atoms with Crippen molar-refractivity contribution in [2.24, 2.45) is 15.9 Å². The molecule has 0 spiro atoms. The minimum atomic E-state index is -4.34. The van der Waals surface area contributed by atoms with Crippen LogP contribution in [0.25, 0.3) is 0 Å². The van der Waals surface area contributed by atoms with Crippen LogP contribution in [0.15, 0.2) is 21.4 Å². The Hall–Kier alpha value is -1.54. The van der Waals surface area contributed by atoms with E-state index < -0.39 is 31.7 Å². The number of guanidine groups is 1. The zero-order valence-electron chi connectivity index (χ0n) is 7.81. The van der Waals surface area contributed by atoms with Crippen molar-refractivity contribution in [2.45, 2.75) is 4.90 Å². The van der Waals surface area contributed by atoms with Gasteiger partial charge >= 0.3 is 0 Å². The topological polar surface area (TPSA) is 125 Å². The summed E-state index contributed by atoms with van der Waals surface area (Å²) in [4.78, 5) is -0.772. The molecule has 0 atom stereocenters. The highest BCUT2D eigenvalue weighted by Gasteiger charge is 2.21. The van der Waals surface area contributed by atoms with Gasteiger partial charge in [0, 0.05) is 5.69 Å². The number of anilines is 1. The van der Waals surface area contributed by atoms with Crippen molar-refractivity contribution in [3.05, 3.63) is 23.0 Å². The van der Waals surface area contributed by atoms with E-state index >= 15 is 0 Å². The Morgan fingerprint density at radius 2 is 1.94 bits per heavy atom. The Labute approximate surface area is 95.9 Å². The second-order valence-electron chi connectivity index (χ2n) is 2.81. The van der Waals surface area contributed by atoms with Crippen LogP contribution in [0.1, 0.15) is 0 Å². The van der Waals surface area contributed by atoms with Crippen molar-refractivity contribution in [2.75, 3.05) is 5.73 Å². The summed E-state index contributed by atoms with van der Waals surface area (Å²) < 4.78 is 39.3. The van der Waals surface area contributed by atoms with Gasteiger partial charge in [-0.05, 0) is 12.1 Å². The molecule has 1 aromatic rings. The van der Waals surface area contributed by atoms with Crippen molar-refractivity contribution in [1.82, 2.24) is 0 Å². The SMILES string of the molecule is NC(N)=NS(=O)(=O)c1cc(N)cc(Cl)c1F. The van der Waals surface area contributed by atoms with Gasteiger partial charge in [0.25, 0.3) is 10.0 Å². The van der Waals surface area contributed by atoms with E-state index in [9.17, 15) is 12.8 Å². The highest BCUT2D eigenvalue weighted by Crippen LogP contribution is 2.26. The fraction of sp³-hybridized carbons (Fsp3) is 0. The van der Waals surface area contributed by atoms with E-state index in [1.165, 1.54) is 0 Å². The van der Waals surface area contributed by atoms with Crippen molar-refractivity contribution in [3.63, 3.8) is 0 Å². The highest BCUT2D eigenvalue weighted by atomic mass is 35.5. The second kappa shape index (κ2) is 4.14. The predicted octanol–water partition coefficient (Wildman–Crippen LogP) is 0.0234. The van der Waals surface area contributed by atoms with E-state index in [2.05, 4.69) is 4.40 Å². The molecule has 0 aliphatic rings. The van der Waals surface area contributed by atoms with E-state index in [0.29, 0.717) is 0 Å². The normalized spacial score (nSPS) is 11.1. The number of halogens is 2. The van der Waals surface area contributed by atoms with Crippen LogP contribution in [-0.4, -0.2) is 14.4 Å². The molecule has 0 aliphatic carbocycles. The fourth-order valence-electron chi connectivity index (χ4n) is 0.959. The first-order valence-electron chi connectivity index (χ1n) is 3.84. The number of nitrogens with zero attached hydrogens (tertiary/aromatic N) is 1. The van der Waals surface area contributed by atoms with E-state index in [1.807, 2.05) is 0 Å². The molecule has 0 radical (unpaired) electrons. The van der Waals surface area contributed by atoms with Gasteiger partial charge in [0.1, 0.15) is 4.90 Å². The number of sulfonamides is 1. The fourth-order valence-corrected chi connectivity index (χ4v) is 2.24. The molecule has 0 heterocycles. The van der Waals surface area contributed by atoms with Gasteiger partial charge in [0.15, 0.2) is 5.82 Å². The predicted molar refractivity (Wildman–Crippen MR) is 58.8 cm³/mol. The molecule has 0 fully saturated rings. The minimum absolute atomic E-state index is 0.0178. The molecule has 6 N–H and O–H groups in total. The second-order valence-corrected chi connectivity index (χ2v) is 4.79. The number of nitrogens with two attached hydrogens (primary N) is 3. The third-order valence-electron chi connectivity index (χ3n) is 1.52. The van der Waals surface area contributed by atoms with Gasteiger partial charge < -0.3 is 17.2 Å². The smallest absolute Gasteiger partial charge is 0.288 e. The first-order chi connectivity index (χ1) is 7.24. The molecule has 1 aromatic carbocycles. The van der Waals surface area contributed by atoms with Crippen LogP contribution in [0.4, 0.5) is 10.1 Å². The van der Waals surface area contributed by atoms with Crippen LogP contribution >= 0.6 is 11.6 Å². The van der Waals surface area contributed by atoms with E-state index in [1.54, 1.807) is 0 Å². The maximum absolute atomic E-state index is 13.4. The van der Waals surface area contributed by atoms with Crippen LogP contribution in [-0.2, 0) is 10.0 Å². The third-order valence-corrected chi connectivity index (χ3v) is 3.10. The van der Waals surface area contributed by atoms with Crippen LogP contribution in [0.5, 0.6) is 0 Å². The summed E-state index contributed by atoms with van der Waals surface area (Å²) in [6.07, 6.45) is 0. The van der Waals surface area contributed by atoms with Crippen molar-refractivity contribution < 1.29 is 12.8 Å². The lowest BCUT2D eigenvalue weighted by molar-refractivity contribution is 0.568. The number of hydrogen-bond donors (Lipinski definition) is 3. The Bertz CT molecular complexity index is 554. The number of hydrogen-bond acceptors (Lipinski definition) is 3. The van der Waals surface area contributed by atoms with Gasteiger partial charge in [-0.25, -0.2) is 4.39 Å². The highest BCUT2D eigenvalue weighted by molar-refractivity contribution is 7.90. The molecule has 0 unspecified atom stereocenters. The first kappa shape index (κ1) is 12.5. The summed E-state index contributed by atoms with van der Waals surface area (Å²) in [6, 6.07) is 1.95. The van der Waals surface area contributed by atoms with E-state index in [-0.39, 0.29) is 5.69 Å². The van der Waals surface area contributed by atoms with Gasteiger partial charge in [-0.3, -0.25) is 0 Å². The summed E-state index contributed by atoms with van der Waals surface area (Å²) in [6.45, 7) is 0. The molecular formula is C7H8ClFN4O2S. The van der Waals surface area contributed by atoms with Crippen LogP contribution < -0.4 is 17.2 Å². The van der Waals surface area contributed by atoms with Gasteiger partial charge in [0.2, 0.25) is 5.96 Å². The molecule has 88 valence electrons. The minimum Gasteiger partial charge on any atom is -0.399 e. The molecule has 0 aliphatic heterocycles. The molecule has 6 nitrogen and oxygen atoms in total. The molecule has 1 rings (SSSR count). The number of rotatable bonds is 2. The van der Waals surface area contributed by atoms with Crippen LogP contribution in [0.2, 0.25) is 5.02 Å². The lowest BCUT2D eigenvalue weighted by atomic mass is 10.3. The average Bonchev–Trinajstić information content (AvgIpc) is 2.08. The standard InChI is InChI=1S/C7H8ClFN4O2S/c8-4-1-3(10)2-5(6(4)9)16(14,15)13-7(11)12/h1-2H,10H2,(H4,11,12,13). The summed E-state index contributed by atoms with van der Waals surface area (Å²) in [5.74, 6) is -1.86. The summed E-state index contributed by atoms with van der Waals surface area (Å²) in [7, 11) is -4.34. The quantitative estimate of drug-likeness (QED) is 0.395. The molecule has 0 amide bonds.